The minimum Gasteiger partial charge on any atom is -0.493 e. The fraction of sp³-hybridized carbons (Fsp3) is 0.700. The summed E-state index contributed by atoms with van der Waals surface area (Å²) in [6.07, 6.45) is 2.75. The molecule has 1 aromatic rings. The number of aliphatic hydroxyl groups excluding tert-OH is 1. The smallest absolute Gasteiger partial charge is 0.161 e. The molecule has 0 saturated carbocycles. The molecule has 2 aliphatic rings. The van der Waals surface area contributed by atoms with Gasteiger partial charge in [0.25, 0.3) is 0 Å². The van der Waals surface area contributed by atoms with Crippen LogP contribution in [0.25, 0.3) is 0 Å². The average Bonchev–Trinajstić information content (AvgIpc) is 2.53. The molecule has 2 unspecified atom stereocenters. The summed E-state index contributed by atoms with van der Waals surface area (Å²) >= 11 is 0. The minimum atomic E-state index is -0.210. The summed E-state index contributed by atoms with van der Waals surface area (Å²) in [7, 11) is 3.36. The zero-order valence-corrected chi connectivity index (χ0v) is 14.7. The quantitative estimate of drug-likeness (QED) is 0.912. The van der Waals surface area contributed by atoms with Crippen LogP contribution >= 0.6 is 0 Å². The summed E-state index contributed by atoms with van der Waals surface area (Å²) in [5, 5.41) is 10.6. The Morgan fingerprint density at radius 2 is 1.88 bits per heavy atom. The van der Waals surface area contributed by atoms with Gasteiger partial charge >= 0.3 is 0 Å². The summed E-state index contributed by atoms with van der Waals surface area (Å²) in [4.78, 5) is 2.55. The van der Waals surface area contributed by atoms with E-state index in [0.29, 0.717) is 17.9 Å². The monoisotopic (exact) mass is 335 g/mol. The molecule has 3 rings (SSSR count). The van der Waals surface area contributed by atoms with Gasteiger partial charge in [0, 0.05) is 19.1 Å². The molecule has 4 nitrogen and oxygen atoms in total. The maximum atomic E-state index is 10.6. The minimum absolute atomic E-state index is 0. The van der Waals surface area contributed by atoms with Gasteiger partial charge in [0.1, 0.15) is 0 Å². The lowest BCUT2D eigenvalue weighted by Gasteiger charge is -2.46. The molecule has 1 fully saturated rings. The van der Waals surface area contributed by atoms with Crippen LogP contribution in [-0.2, 0) is 6.42 Å². The van der Waals surface area contributed by atoms with Crippen molar-refractivity contribution in [1.29, 1.82) is 0 Å². The van der Waals surface area contributed by atoms with Crippen LogP contribution < -0.4 is 9.47 Å². The lowest BCUT2D eigenvalue weighted by atomic mass is 9.79. The number of methoxy groups -OCH3 is 2. The Hall–Kier alpha value is -1.26. The second-order valence-corrected chi connectivity index (χ2v) is 7.36. The molecule has 0 bridgehead atoms. The van der Waals surface area contributed by atoms with E-state index in [1.165, 1.54) is 11.1 Å². The van der Waals surface area contributed by atoms with Crippen molar-refractivity contribution in [2.45, 2.75) is 52.7 Å². The zero-order chi connectivity index (χ0) is 16.6. The first kappa shape index (κ1) is 19.1. The fourth-order valence-electron chi connectivity index (χ4n) is 4.26. The predicted octanol–water partition coefficient (Wildman–Crippen LogP) is 3.67. The van der Waals surface area contributed by atoms with E-state index in [1.807, 2.05) is 0 Å². The lowest BCUT2D eigenvalue weighted by molar-refractivity contribution is -0.0191. The van der Waals surface area contributed by atoms with Crippen molar-refractivity contribution in [3.05, 3.63) is 23.3 Å². The molecular weight excluding hydrogens is 302 g/mol. The van der Waals surface area contributed by atoms with Crippen molar-refractivity contribution in [2.75, 3.05) is 27.3 Å². The topological polar surface area (TPSA) is 41.9 Å². The Morgan fingerprint density at radius 1 is 1.21 bits per heavy atom. The van der Waals surface area contributed by atoms with Gasteiger partial charge in [-0.15, -0.1) is 0 Å². The van der Waals surface area contributed by atoms with E-state index in [2.05, 4.69) is 30.9 Å². The molecule has 3 atom stereocenters. The normalized spacial score (nSPS) is 26.3. The summed E-state index contributed by atoms with van der Waals surface area (Å²) in [6, 6.07) is 4.52. The van der Waals surface area contributed by atoms with E-state index in [9.17, 15) is 5.11 Å². The van der Waals surface area contributed by atoms with Crippen LogP contribution in [0, 0.1) is 11.8 Å². The van der Waals surface area contributed by atoms with Gasteiger partial charge in [-0.3, -0.25) is 4.90 Å². The number of piperidine rings is 1. The van der Waals surface area contributed by atoms with Crippen LogP contribution in [-0.4, -0.2) is 43.4 Å². The molecule has 24 heavy (non-hydrogen) atoms. The number of aliphatic hydroxyl groups is 1. The van der Waals surface area contributed by atoms with Crippen molar-refractivity contribution in [3.8, 4) is 11.5 Å². The van der Waals surface area contributed by atoms with Crippen LogP contribution in [0.2, 0.25) is 0 Å². The summed E-state index contributed by atoms with van der Waals surface area (Å²) in [6.45, 7) is 6.54. The molecule has 1 aromatic carbocycles. The Bertz CT molecular complexity index is 558. The van der Waals surface area contributed by atoms with Crippen molar-refractivity contribution in [2.24, 2.45) is 11.8 Å². The highest BCUT2D eigenvalue weighted by Crippen LogP contribution is 2.43. The van der Waals surface area contributed by atoms with E-state index in [0.717, 1.165) is 43.9 Å². The highest BCUT2D eigenvalue weighted by atomic mass is 16.5. The number of ether oxygens (including phenoxy) is 2. The van der Waals surface area contributed by atoms with Gasteiger partial charge in [-0.25, -0.2) is 0 Å². The molecule has 1 N–H and O–H groups in total. The largest absolute Gasteiger partial charge is 0.493 e. The molecule has 2 aliphatic heterocycles. The molecule has 1 saturated heterocycles. The number of benzene rings is 1. The highest BCUT2D eigenvalue weighted by molar-refractivity contribution is 5.49. The molecule has 0 amide bonds. The summed E-state index contributed by atoms with van der Waals surface area (Å²) < 4.78 is 10.9. The number of fused-ring (bicyclic) bond motifs is 3. The van der Waals surface area contributed by atoms with Crippen LogP contribution in [0.4, 0.5) is 0 Å². The fourth-order valence-corrected chi connectivity index (χ4v) is 4.26. The maximum absolute atomic E-state index is 10.6. The van der Waals surface area contributed by atoms with E-state index in [4.69, 9.17) is 9.47 Å². The Morgan fingerprint density at radius 3 is 2.50 bits per heavy atom. The van der Waals surface area contributed by atoms with Crippen LogP contribution in [0.5, 0.6) is 11.5 Å². The maximum Gasteiger partial charge on any atom is 0.161 e. The van der Waals surface area contributed by atoms with Crippen LogP contribution in [0.3, 0.4) is 0 Å². The summed E-state index contributed by atoms with van der Waals surface area (Å²) in [5.41, 5.74) is 2.63. The second kappa shape index (κ2) is 7.75. The number of rotatable bonds is 4. The van der Waals surface area contributed by atoms with Crippen molar-refractivity contribution < 1.29 is 14.6 Å². The van der Waals surface area contributed by atoms with E-state index >= 15 is 0 Å². The first-order chi connectivity index (χ1) is 11.0. The number of hydrogen-bond donors (Lipinski definition) is 1. The molecule has 0 aromatic heterocycles. The molecule has 0 aliphatic carbocycles. The first-order valence-electron chi connectivity index (χ1n) is 8.70. The zero-order valence-electron chi connectivity index (χ0n) is 14.7. The van der Waals surface area contributed by atoms with Crippen molar-refractivity contribution in [1.82, 2.24) is 4.90 Å². The third-order valence-corrected chi connectivity index (χ3v) is 5.37. The SMILES string of the molecule is C.COc1cc2c(cc1OC)C1C[C@@H](O)C(CC(C)C)CN1CC2. The lowest BCUT2D eigenvalue weighted by Crippen LogP contribution is -2.48. The third-order valence-electron chi connectivity index (χ3n) is 5.37. The Labute approximate surface area is 146 Å². The van der Waals surface area contributed by atoms with Crippen LogP contribution in [0.15, 0.2) is 12.1 Å². The number of nitrogens with zero attached hydrogens (tertiary/aromatic N) is 1. The first-order valence-corrected chi connectivity index (χ1v) is 8.70. The Balaban J connectivity index is 0.00000208. The molecular formula is C20H33NO3. The molecule has 4 heteroatoms. The molecule has 136 valence electrons. The van der Waals surface area contributed by atoms with Gasteiger partial charge in [-0.2, -0.15) is 0 Å². The van der Waals surface area contributed by atoms with Crippen molar-refractivity contribution in [3.63, 3.8) is 0 Å². The van der Waals surface area contributed by atoms with E-state index < -0.39 is 0 Å². The van der Waals surface area contributed by atoms with Gasteiger partial charge in [0.05, 0.1) is 20.3 Å². The summed E-state index contributed by atoms with van der Waals surface area (Å²) in [5.74, 6) is 2.61. The van der Waals surface area contributed by atoms with E-state index in [1.54, 1.807) is 14.2 Å². The molecule has 2 heterocycles. The van der Waals surface area contributed by atoms with Gasteiger partial charge in [-0.1, -0.05) is 21.3 Å². The Kier molecular flexibility index (Phi) is 6.16. The van der Waals surface area contributed by atoms with Gasteiger partial charge in [0.15, 0.2) is 11.5 Å². The van der Waals surface area contributed by atoms with Crippen molar-refractivity contribution >= 4 is 0 Å². The average molecular weight is 335 g/mol. The standard InChI is InChI=1S/C19H29NO3.CH4/c1-12(2)7-14-11-20-6-5-13-8-18(22-3)19(23-4)9-15(13)16(20)10-17(14)21;/h8-9,12,14,16-17,21H,5-7,10-11H2,1-4H3;1H4/t14?,16?,17-;/m1./s1. The molecule has 0 radical (unpaired) electrons. The van der Waals surface area contributed by atoms with Gasteiger partial charge in [-0.05, 0) is 54.4 Å². The highest BCUT2D eigenvalue weighted by Gasteiger charge is 2.38. The predicted molar refractivity (Wildman–Crippen MR) is 97.9 cm³/mol. The van der Waals surface area contributed by atoms with Gasteiger partial charge < -0.3 is 14.6 Å². The second-order valence-electron chi connectivity index (χ2n) is 7.36. The van der Waals surface area contributed by atoms with Gasteiger partial charge in [0.2, 0.25) is 0 Å². The molecule has 0 spiro atoms. The number of hydrogen-bond acceptors (Lipinski definition) is 4. The van der Waals surface area contributed by atoms with Crippen LogP contribution in [0.1, 0.15) is 51.3 Å². The third kappa shape index (κ3) is 3.55. The van der Waals surface area contributed by atoms with E-state index in [-0.39, 0.29) is 13.5 Å².